The highest BCUT2D eigenvalue weighted by Crippen LogP contribution is 2.45. The molecule has 0 aromatic heterocycles. The van der Waals surface area contributed by atoms with Crippen LogP contribution in [0.4, 0.5) is 0 Å². The van der Waals surface area contributed by atoms with E-state index in [1.165, 1.54) is 199 Å². The molecule has 0 heterocycles. The third-order valence-corrected chi connectivity index (χ3v) is 20.2. The Bertz CT molecular complexity index is 1920. The van der Waals surface area contributed by atoms with Gasteiger partial charge in [0.05, 0.1) is 26.4 Å². The van der Waals surface area contributed by atoms with Gasteiger partial charge >= 0.3 is 39.5 Å². The van der Waals surface area contributed by atoms with Crippen LogP contribution >= 0.6 is 15.6 Å². The molecule has 5 atom stereocenters. The Hall–Kier alpha value is -1.94. The lowest BCUT2D eigenvalue weighted by molar-refractivity contribution is -0.161. The van der Waals surface area contributed by atoms with Crippen LogP contribution < -0.4 is 0 Å². The van der Waals surface area contributed by atoms with Gasteiger partial charge in [0, 0.05) is 25.7 Å². The lowest BCUT2D eigenvalue weighted by Gasteiger charge is -2.21. The zero-order valence-electron chi connectivity index (χ0n) is 64.4. The van der Waals surface area contributed by atoms with Crippen molar-refractivity contribution < 1.29 is 80.2 Å². The number of ether oxygens (including phenoxy) is 4. The van der Waals surface area contributed by atoms with Crippen LogP contribution in [0, 0.1) is 23.7 Å². The molecule has 0 aliphatic rings. The van der Waals surface area contributed by atoms with Crippen molar-refractivity contribution in [3.8, 4) is 0 Å². The number of phosphoric ester groups is 2. The number of hydrogen-bond donors (Lipinski definition) is 3. The molecule has 0 rings (SSSR count). The molecule has 0 saturated carbocycles. The van der Waals surface area contributed by atoms with Crippen molar-refractivity contribution in [3.63, 3.8) is 0 Å². The van der Waals surface area contributed by atoms with E-state index in [2.05, 4.69) is 55.4 Å². The smallest absolute Gasteiger partial charge is 0.462 e. The molecule has 19 heteroatoms. The average Bonchev–Trinajstić information content (AvgIpc) is 1.19. The van der Waals surface area contributed by atoms with Crippen LogP contribution in [0.3, 0.4) is 0 Å². The summed E-state index contributed by atoms with van der Waals surface area (Å²) in [6.07, 6.45) is 54.4. The Balaban J connectivity index is 5.17. The summed E-state index contributed by atoms with van der Waals surface area (Å²) in [5.41, 5.74) is 0. The SMILES string of the molecule is CC(C)CCCCCCCCCCCCCCCCCCCCC(=O)O[C@H](COC(=O)CCCCCCCCC(C)C)COP(=O)(O)OCC(O)COP(=O)(O)OC[C@@H](COC(=O)CCCCCCCCCCC(C)C)OC(=O)CCCCCCCCCCCCCCCCC(C)C. The van der Waals surface area contributed by atoms with Crippen LogP contribution in [0.15, 0.2) is 0 Å². The van der Waals surface area contributed by atoms with Gasteiger partial charge in [0.15, 0.2) is 12.2 Å². The third kappa shape index (κ3) is 72.4. The molecule has 0 bridgehead atoms. The van der Waals surface area contributed by atoms with Crippen LogP contribution in [0.5, 0.6) is 0 Å². The van der Waals surface area contributed by atoms with Gasteiger partial charge in [0.2, 0.25) is 0 Å². The molecule has 0 amide bonds. The number of carbonyl (C=O) groups excluding carboxylic acids is 4. The Kier molecular flexibility index (Phi) is 66.8. The summed E-state index contributed by atoms with van der Waals surface area (Å²) in [4.78, 5) is 72.8. The van der Waals surface area contributed by atoms with Gasteiger partial charge in [-0.15, -0.1) is 0 Å². The van der Waals surface area contributed by atoms with E-state index in [9.17, 15) is 43.2 Å². The molecule has 3 N–H and O–H groups in total. The van der Waals surface area contributed by atoms with Crippen LogP contribution in [0.25, 0.3) is 0 Å². The van der Waals surface area contributed by atoms with Crippen molar-refractivity contribution >= 4 is 39.5 Å². The second-order valence-corrected chi connectivity index (χ2v) is 33.3. The van der Waals surface area contributed by atoms with Gasteiger partial charge in [0.1, 0.15) is 19.3 Å². The first-order chi connectivity index (χ1) is 47.1. The minimum Gasteiger partial charge on any atom is -0.462 e. The molecule has 0 fully saturated rings. The minimum absolute atomic E-state index is 0.106. The maximum Gasteiger partial charge on any atom is 0.472 e. The molecule has 98 heavy (non-hydrogen) atoms. The molecule has 17 nitrogen and oxygen atoms in total. The second kappa shape index (κ2) is 68.2. The molecule has 0 aromatic carbocycles. The first-order valence-electron chi connectivity index (χ1n) is 40.7. The molecule has 0 aromatic rings. The molecule has 0 aliphatic carbocycles. The number of phosphoric acid groups is 2. The van der Waals surface area contributed by atoms with Gasteiger partial charge < -0.3 is 33.8 Å². The van der Waals surface area contributed by atoms with E-state index >= 15 is 0 Å². The summed E-state index contributed by atoms with van der Waals surface area (Å²) in [6, 6.07) is 0. The molecule has 0 radical (unpaired) electrons. The molecule has 0 saturated heterocycles. The number of aliphatic hydroxyl groups is 1. The highest BCUT2D eigenvalue weighted by molar-refractivity contribution is 7.47. The second-order valence-electron chi connectivity index (χ2n) is 30.4. The first kappa shape index (κ1) is 96.1. The number of hydrogen-bond acceptors (Lipinski definition) is 15. The average molecular weight is 1440 g/mol. The lowest BCUT2D eigenvalue weighted by atomic mass is 10.0. The van der Waals surface area contributed by atoms with E-state index in [-0.39, 0.29) is 25.7 Å². The highest BCUT2D eigenvalue weighted by atomic mass is 31.2. The number of carbonyl (C=O) groups is 4. The molecule has 0 aliphatic heterocycles. The summed E-state index contributed by atoms with van der Waals surface area (Å²) in [6.45, 7) is 14.2. The van der Waals surface area contributed by atoms with Gasteiger partial charge in [-0.1, -0.05) is 351 Å². The fourth-order valence-corrected chi connectivity index (χ4v) is 13.7. The first-order valence-corrected chi connectivity index (χ1v) is 43.7. The lowest BCUT2D eigenvalue weighted by Crippen LogP contribution is -2.30. The maximum atomic E-state index is 13.1. The van der Waals surface area contributed by atoms with Crippen molar-refractivity contribution in [2.75, 3.05) is 39.6 Å². The summed E-state index contributed by atoms with van der Waals surface area (Å²) in [5, 5.41) is 10.6. The topological polar surface area (TPSA) is 237 Å². The highest BCUT2D eigenvalue weighted by Gasteiger charge is 2.30. The van der Waals surface area contributed by atoms with E-state index in [1.54, 1.807) is 0 Å². The van der Waals surface area contributed by atoms with E-state index in [0.717, 1.165) is 114 Å². The summed E-state index contributed by atoms with van der Waals surface area (Å²) in [7, 11) is -9.92. The van der Waals surface area contributed by atoms with E-state index < -0.39 is 97.5 Å². The molecular weight excluding hydrogens is 1280 g/mol. The van der Waals surface area contributed by atoms with E-state index in [0.29, 0.717) is 31.6 Å². The molecular formula is C79H154O17P2. The van der Waals surface area contributed by atoms with E-state index in [4.69, 9.17) is 37.0 Å². The molecule has 3 unspecified atom stereocenters. The fraction of sp³-hybridized carbons (Fsp3) is 0.949. The van der Waals surface area contributed by atoms with Crippen LogP contribution in [-0.4, -0.2) is 96.7 Å². The van der Waals surface area contributed by atoms with E-state index in [1.807, 2.05) is 0 Å². The van der Waals surface area contributed by atoms with Crippen LogP contribution in [0.2, 0.25) is 0 Å². The number of esters is 4. The minimum atomic E-state index is -4.96. The number of unbranched alkanes of at least 4 members (excludes halogenated alkanes) is 42. The summed E-state index contributed by atoms with van der Waals surface area (Å²) >= 11 is 0. The summed E-state index contributed by atoms with van der Waals surface area (Å²) < 4.78 is 68.6. The number of rotatable bonds is 76. The van der Waals surface area contributed by atoms with Crippen molar-refractivity contribution in [3.05, 3.63) is 0 Å². The van der Waals surface area contributed by atoms with Crippen molar-refractivity contribution in [1.82, 2.24) is 0 Å². The van der Waals surface area contributed by atoms with Gasteiger partial charge in [-0.3, -0.25) is 37.3 Å². The largest absolute Gasteiger partial charge is 0.472 e. The van der Waals surface area contributed by atoms with Crippen molar-refractivity contribution in [2.24, 2.45) is 23.7 Å². The zero-order valence-corrected chi connectivity index (χ0v) is 66.2. The van der Waals surface area contributed by atoms with Gasteiger partial charge in [-0.2, -0.15) is 0 Å². The predicted octanol–water partition coefficient (Wildman–Crippen LogP) is 23.2. The number of aliphatic hydroxyl groups excluding tert-OH is 1. The van der Waals surface area contributed by atoms with Gasteiger partial charge in [0.25, 0.3) is 0 Å². The third-order valence-electron chi connectivity index (χ3n) is 18.3. The van der Waals surface area contributed by atoms with Gasteiger partial charge in [-0.05, 0) is 49.4 Å². The normalized spacial score (nSPS) is 14.1. The maximum absolute atomic E-state index is 13.1. The Morgan fingerprint density at radius 1 is 0.255 bits per heavy atom. The van der Waals surface area contributed by atoms with Crippen LogP contribution in [-0.2, 0) is 65.4 Å². The predicted molar refractivity (Wildman–Crippen MR) is 400 cm³/mol. The Morgan fingerprint density at radius 2 is 0.429 bits per heavy atom. The monoisotopic (exact) mass is 1440 g/mol. The van der Waals surface area contributed by atoms with Crippen molar-refractivity contribution in [2.45, 2.75) is 420 Å². The summed E-state index contributed by atoms with van der Waals surface area (Å²) in [5.74, 6) is 0.901. The Labute approximate surface area is 600 Å². The fourth-order valence-electron chi connectivity index (χ4n) is 12.1. The Morgan fingerprint density at radius 3 is 0.633 bits per heavy atom. The van der Waals surface area contributed by atoms with Crippen molar-refractivity contribution in [1.29, 1.82) is 0 Å². The molecule has 0 spiro atoms. The molecule has 582 valence electrons. The standard InChI is InChI=1S/C79H154O17P2/c1-69(2)55-47-39-31-25-21-17-13-11-9-10-12-14-19-23-27-35-45-53-62-79(84)96-75(66-90-77(82)60-52-44-38-37-42-50-58-72(7)8)68-94-98(87,88)92-64-73(80)63-91-97(85,86)93-67-74(65-89-76(81)59-51-43-34-30-29-33-41-49-57-71(5)6)95-78(83)61-54-46-36-28-24-20-16-15-18-22-26-32-40-48-56-70(3)4/h69-75,80H,9-68H2,1-8H3,(H,85,86)(H,87,88)/t73?,74-,75-/m1/s1. The van der Waals surface area contributed by atoms with Crippen LogP contribution in [0.1, 0.15) is 402 Å². The van der Waals surface area contributed by atoms with Gasteiger partial charge in [-0.25, -0.2) is 9.13 Å². The zero-order chi connectivity index (χ0) is 72.4. The quantitative estimate of drug-likeness (QED) is 0.0222.